The lowest BCUT2D eigenvalue weighted by atomic mass is 10.0. The van der Waals surface area contributed by atoms with Crippen LogP contribution in [0.4, 0.5) is 4.39 Å². The molecule has 1 fully saturated rings. The number of carbonyl (C=O) groups excluding carboxylic acids is 2. The van der Waals surface area contributed by atoms with Gasteiger partial charge >= 0.3 is 11.9 Å². The lowest BCUT2D eigenvalue weighted by molar-refractivity contribution is -0.159. The van der Waals surface area contributed by atoms with E-state index in [1.807, 2.05) is 0 Å². The first-order chi connectivity index (χ1) is 7.65. The fourth-order valence-corrected chi connectivity index (χ4v) is 1.45. The van der Waals surface area contributed by atoms with Gasteiger partial charge in [-0.3, -0.25) is 4.79 Å². The second-order valence-corrected chi connectivity index (χ2v) is 3.48. The predicted molar refractivity (Wildman–Crippen MR) is 54.7 cm³/mol. The van der Waals surface area contributed by atoms with Crippen molar-refractivity contribution in [2.24, 2.45) is 0 Å². The van der Waals surface area contributed by atoms with Crippen molar-refractivity contribution in [3.8, 4) is 0 Å². The van der Waals surface area contributed by atoms with Gasteiger partial charge in [-0.1, -0.05) is 12.1 Å². The largest absolute Gasteiger partial charge is 0.390 e. The molecule has 4 heteroatoms. The summed E-state index contributed by atoms with van der Waals surface area (Å²) in [6, 6.07) is 5.75. The minimum atomic E-state index is -0.611. The van der Waals surface area contributed by atoms with Gasteiger partial charge in [-0.15, -0.1) is 0 Å². The van der Waals surface area contributed by atoms with Crippen LogP contribution in [0.3, 0.4) is 0 Å². The van der Waals surface area contributed by atoms with Gasteiger partial charge in [-0.05, 0) is 30.2 Å². The third kappa shape index (κ3) is 2.34. The third-order valence-electron chi connectivity index (χ3n) is 2.28. The molecule has 0 atom stereocenters. The van der Waals surface area contributed by atoms with Crippen LogP contribution in [0.2, 0.25) is 0 Å². The molecule has 0 bridgehead atoms. The summed E-state index contributed by atoms with van der Waals surface area (Å²) in [6.45, 7) is 0. The van der Waals surface area contributed by atoms with E-state index in [9.17, 15) is 14.0 Å². The molecule has 1 aliphatic heterocycles. The van der Waals surface area contributed by atoms with Crippen molar-refractivity contribution in [1.29, 1.82) is 0 Å². The SMILES string of the molecule is O=C1CC/C(=C\c2ccc(F)cc2)C(=O)O1. The number of rotatable bonds is 1. The fourth-order valence-electron chi connectivity index (χ4n) is 1.45. The lowest BCUT2D eigenvalue weighted by Gasteiger charge is -2.11. The summed E-state index contributed by atoms with van der Waals surface area (Å²) >= 11 is 0. The Balaban J connectivity index is 2.21. The number of ether oxygens (including phenoxy) is 1. The average Bonchev–Trinajstić information content (AvgIpc) is 2.25. The molecular formula is C12H9FO3. The molecule has 1 aliphatic rings. The summed E-state index contributed by atoms with van der Waals surface area (Å²) in [5.74, 6) is -1.44. The molecule has 0 radical (unpaired) electrons. The first kappa shape index (κ1) is 10.5. The lowest BCUT2D eigenvalue weighted by Crippen LogP contribution is -2.20. The molecule has 1 aromatic carbocycles. The highest BCUT2D eigenvalue weighted by Gasteiger charge is 2.22. The number of hydrogen-bond donors (Lipinski definition) is 0. The monoisotopic (exact) mass is 220 g/mol. The second-order valence-electron chi connectivity index (χ2n) is 3.48. The number of halogens is 1. The van der Waals surface area contributed by atoms with Crippen LogP contribution < -0.4 is 0 Å². The van der Waals surface area contributed by atoms with Crippen LogP contribution in [0.25, 0.3) is 6.08 Å². The molecule has 1 aromatic rings. The minimum Gasteiger partial charge on any atom is -0.390 e. The topological polar surface area (TPSA) is 43.4 Å². The average molecular weight is 220 g/mol. The van der Waals surface area contributed by atoms with E-state index in [0.717, 1.165) is 0 Å². The van der Waals surface area contributed by atoms with E-state index in [1.165, 1.54) is 12.1 Å². The zero-order chi connectivity index (χ0) is 11.5. The van der Waals surface area contributed by atoms with E-state index in [4.69, 9.17) is 0 Å². The van der Waals surface area contributed by atoms with Crippen LogP contribution in [0, 0.1) is 5.82 Å². The van der Waals surface area contributed by atoms with Crippen molar-refractivity contribution in [2.75, 3.05) is 0 Å². The Labute approximate surface area is 91.5 Å². The maximum Gasteiger partial charge on any atom is 0.341 e. The fraction of sp³-hybridized carbons (Fsp3) is 0.167. The van der Waals surface area contributed by atoms with Crippen LogP contribution >= 0.6 is 0 Å². The molecule has 0 aromatic heterocycles. The van der Waals surface area contributed by atoms with Crippen LogP contribution in [0.15, 0.2) is 29.8 Å². The van der Waals surface area contributed by atoms with E-state index >= 15 is 0 Å². The Morgan fingerprint density at radius 3 is 2.44 bits per heavy atom. The highest BCUT2D eigenvalue weighted by Crippen LogP contribution is 2.18. The molecule has 16 heavy (non-hydrogen) atoms. The number of carbonyl (C=O) groups is 2. The number of hydrogen-bond acceptors (Lipinski definition) is 3. The summed E-state index contributed by atoms with van der Waals surface area (Å²) in [6.07, 6.45) is 2.18. The van der Waals surface area contributed by atoms with E-state index in [-0.39, 0.29) is 12.2 Å². The zero-order valence-corrected chi connectivity index (χ0v) is 8.40. The quantitative estimate of drug-likeness (QED) is 0.413. The van der Waals surface area contributed by atoms with Crippen LogP contribution in [0.5, 0.6) is 0 Å². The highest BCUT2D eigenvalue weighted by molar-refractivity contribution is 6.02. The molecule has 0 amide bonds. The molecule has 0 aliphatic carbocycles. The Morgan fingerprint density at radius 2 is 1.81 bits per heavy atom. The van der Waals surface area contributed by atoms with Crippen LogP contribution in [-0.2, 0) is 14.3 Å². The van der Waals surface area contributed by atoms with E-state index < -0.39 is 11.9 Å². The van der Waals surface area contributed by atoms with Crippen molar-refractivity contribution < 1.29 is 18.7 Å². The predicted octanol–water partition coefficient (Wildman–Crippen LogP) is 2.07. The Bertz CT molecular complexity index is 460. The maximum absolute atomic E-state index is 12.6. The van der Waals surface area contributed by atoms with Gasteiger partial charge in [-0.25, -0.2) is 9.18 Å². The van der Waals surface area contributed by atoms with Crippen LogP contribution in [0.1, 0.15) is 18.4 Å². The molecule has 1 heterocycles. The Hall–Kier alpha value is -1.97. The summed E-state index contributed by atoms with van der Waals surface area (Å²) in [5, 5.41) is 0. The Morgan fingerprint density at radius 1 is 1.12 bits per heavy atom. The van der Waals surface area contributed by atoms with Gasteiger partial charge in [0, 0.05) is 5.57 Å². The molecule has 1 saturated heterocycles. The number of esters is 2. The number of benzene rings is 1. The summed E-state index contributed by atoms with van der Waals surface area (Å²) in [5.41, 5.74) is 1.15. The second kappa shape index (κ2) is 4.26. The first-order valence-electron chi connectivity index (χ1n) is 4.86. The van der Waals surface area contributed by atoms with Gasteiger partial charge in [0.15, 0.2) is 0 Å². The molecule has 82 valence electrons. The molecule has 0 unspecified atom stereocenters. The molecule has 3 nitrogen and oxygen atoms in total. The highest BCUT2D eigenvalue weighted by atomic mass is 19.1. The molecular weight excluding hydrogens is 211 g/mol. The molecule has 0 N–H and O–H groups in total. The zero-order valence-electron chi connectivity index (χ0n) is 8.40. The van der Waals surface area contributed by atoms with E-state index in [1.54, 1.807) is 18.2 Å². The van der Waals surface area contributed by atoms with Gasteiger partial charge in [-0.2, -0.15) is 0 Å². The van der Waals surface area contributed by atoms with Crippen molar-refractivity contribution in [2.45, 2.75) is 12.8 Å². The van der Waals surface area contributed by atoms with Gasteiger partial charge in [0.1, 0.15) is 5.82 Å². The Kier molecular flexibility index (Phi) is 2.81. The van der Waals surface area contributed by atoms with Gasteiger partial charge in [0.25, 0.3) is 0 Å². The van der Waals surface area contributed by atoms with Gasteiger partial charge < -0.3 is 4.74 Å². The van der Waals surface area contributed by atoms with Crippen molar-refractivity contribution in [1.82, 2.24) is 0 Å². The standard InChI is InChI=1S/C12H9FO3/c13-10-4-1-8(2-5-10)7-9-3-6-11(14)16-12(9)15/h1-2,4-5,7H,3,6H2/b9-7+. The van der Waals surface area contributed by atoms with Gasteiger partial charge in [0.05, 0.1) is 6.42 Å². The molecule has 0 saturated carbocycles. The normalized spacial score (nSPS) is 18.7. The smallest absolute Gasteiger partial charge is 0.341 e. The summed E-state index contributed by atoms with van der Waals surface area (Å²) in [7, 11) is 0. The minimum absolute atomic E-state index is 0.207. The third-order valence-corrected chi connectivity index (χ3v) is 2.28. The summed E-state index contributed by atoms with van der Waals surface area (Å²) in [4.78, 5) is 22.1. The molecule has 2 rings (SSSR count). The van der Waals surface area contributed by atoms with Gasteiger partial charge in [0.2, 0.25) is 0 Å². The van der Waals surface area contributed by atoms with Crippen LogP contribution in [-0.4, -0.2) is 11.9 Å². The van der Waals surface area contributed by atoms with Crippen molar-refractivity contribution >= 4 is 18.0 Å². The van der Waals surface area contributed by atoms with E-state index in [2.05, 4.69) is 4.74 Å². The van der Waals surface area contributed by atoms with E-state index in [0.29, 0.717) is 17.6 Å². The summed E-state index contributed by atoms with van der Waals surface area (Å²) < 4.78 is 17.1. The molecule has 0 spiro atoms. The first-order valence-corrected chi connectivity index (χ1v) is 4.86. The number of cyclic esters (lactones) is 2. The maximum atomic E-state index is 12.6. The van der Waals surface area contributed by atoms with Crippen molar-refractivity contribution in [3.63, 3.8) is 0 Å². The van der Waals surface area contributed by atoms with Crippen molar-refractivity contribution in [3.05, 3.63) is 41.2 Å².